The van der Waals surface area contributed by atoms with Gasteiger partial charge in [0.15, 0.2) is 0 Å². The van der Waals surface area contributed by atoms with E-state index in [1.165, 1.54) is 0 Å². The summed E-state index contributed by atoms with van der Waals surface area (Å²) in [6.45, 7) is 7.19. The Morgan fingerprint density at radius 1 is 1.00 bits per heavy atom. The lowest BCUT2D eigenvalue weighted by molar-refractivity contribution is 0.0690. The van der Waals surface area contributed by atoms with Crippen LogP contribution in [0.3, 0.4) is 0 Å². The maximum absolute atomic E-state index is 11.7. The minimum absolute atomic E-state index is 0.0162. The normalized spacial score (nSPS) is 17.5. The van der Waals surface area contributed by atoms with Crippen LogP contribution in [0.2, 0.25) is 0 Å². The van der Waals surface area contributed by atoms with Crippen LogP contribution in [-0.2, 0) is 0 Å². The average Bonchev–Trinajstić information content (AvgIpc) is 2.64. The number of nitrogens with zero attached hydrogens (tertiary/aromatic N) is 2. The monoisotopic (exact) mass is 324 g/mol. The summed E-state index contributed by atoms with van der Waals surface area (Å²) in [6, 6.07) is 17.6. The first kappa shape index (κ1) is 16.7. The lowest BCUT2D eigenvalue weighted by atomic mass is 9.92. The molecular weight excluding hydrogens is 300 g/mol. The van der Waals surface area contributed by atoms with E-state index in [9.17, 15) is 9.90 Å². The Morgan fingerprint density at radius 3 is 2.25 bits per heavy atom. The van der Waals surface area contributed by atoms with Crippen LogP contribution in [-0.4, -0.2) is 53.6 Å². The molecule has 2 aromatic rings. The lowest BCUT2D eigenvalue weighted by Crippen LogP contribution is -2.47. The quantitative estimate of drug-likeness (QED) is 0.918. The highest BCUT2D eigenvalue weighted by atomic mass is 16.4. The molecule has 4 nitrogen and oxygen atoms in total. The molecule has 1 N–H and O–H groups in total. The molecule has 0 radical (unpaired) electrons. The molecule has 1 aliphatic heterocycles. The maximum atomic E-state index is 11.7. The molecule has 0 spiro atoms. The summed E-state index contributed by atoms with van der Waals surface area (Å²) in [5, 5.41) is 9.61. The van der Waals surface area contributed by atoms with Crippen molar-refractivity contribution in [2.24, 2.45) is 0 Å². The summed E-state index contributed by atoms with van der Waals surface area (Å²) in [6.07, 6.45) is 0. The SMILES string of the molecule is CCN1CCN(C(c2ccccc2)c2ccccc2C(=O)O)CC1. The number of aromatic carboxylic acids is 1. The van der Waals surface area contributed by atoms with Crippen LogP contribution in [0.15, 0.2) is 54.6 Å². The average molecular weight is 324 g/mol. The fraction of sp³-hybridized carbons (Fsp3) is 0.350. The van der Waals surface area contributed by atoms with Gasteiger partial charge in [-0.05, 0) is 23.7 Å². The van der Waals surface area contributed by atoms with Gasteiger partial charge in [0.1, 0.15) is 0 Å². The summed E-state index contributed by atoms with van der Waals surface area (Å²) < 4.78 is 0. The Kier molecular flexibility index (Phi) is 5.28. The van der Waals surface area contributed by atoms with Gasteiger partial charge < -0.3 is 10.0 Å². The van der Waals surface area contributed by atoms with Crippen molar-refractivity contribution in [3.63, 3.8) is 0 Å². The van der Waals surface area contributed by atoms with E-state index in [-0.39, 0.29) is 6.04 Å². The molecular formula is C20H24N2O2. The van der Waals surface area contributed by atoms with Crippen molar-refractivity contribution in [2.75, 3.05) is 32.7 Å². The van der Waals surface area contributed by atoms with Gasteiger partial charge in [-0.1, -0.05) is 55.5 Å². The second-order valence-corrected chi connectivity index (χ2v) is 6.18. The van der Waals surface area contributed by atoms with Crippen molar-refractivity contribution in [3.05, 3.63) is 71.3 Å². The third-order valence-electron chi connectivity index (χ3n) is 4.82. The minimum atomic E-state index is -0.862. The number of carboxylic acids is 1. The predicted octanol–water partition coefficient (Wildman–Crippen LogP) is 3.11. The van der Waals surface area contributed by atoms with Crippen LogP contribution < -0.4 is 0 Å². The topological polar surface area (TPSA) is 43.8 Å². The second kappa shape index (κ2) is 7.60. The van der Waals surface area contributed by atoms with E-state index in [0.29, 0.717) is 5.56 Å². The molecule has 1 heterocycles. The molecule has 3 rings (SSSR count). The summed E-state index contributed by atoms with van der Waals surface area (Å²) in [5.74, 6) is -0.862. The summed E-state index contributed by atoms with van der Waals surface area (Å²) >= 11 is 0. The Labute approximate surface area is 143 Å². The number of benzene rings is 2. The van der Waals surface area contributed by atoms with Gasteiger partial charge in [0.25, 0.3) is 0 Å². The van der Waals surface area contributed by atoms with Gasteiger partial charge in [-0.2, -0.15) is 0 Å². The highest BCUT2D eigenvalue weighted by Gasteiger charge is 2.28. The fourth-order valence-corrected chi connectivity index (χ4v) is 3.49. The van der Waals surface area contributed by atoms with Crippen molar-refractivity contribution in [3.8, 4) is 0 Å². The highest BCUT2D eigenvalue weighted by Crippen LogP contribution is 2.31. The third kappa shape index (κ3) is 3.50. The molecule has 2 aromatic carbocycles. The molecule has 1 unspecified atom stereocenters. The minimum Gasteiger partial charge on any atom is -0.478 e. The molecule has 24 heavy (non-hydrogen) atoms. The maximum Gasteiger partial charge on any atom is 0.336 e. The summed E-state index contributed by atoms with van der Waals surface area (Å²) in [5.41, 5.74) is 2.42. The standard InChI is InChI=1S/C20H24N2O2/c1-2-21-12-14-22(15-13-21)19(16-8-4-3-5-9-16)17-10-6-7-11-18(17)20(23)24/h3-11,19H,2,12-15H2,1H3,(H,23,24). The highest BCUT2D eigenvalue weighted by molar-refractivity contribution is 5.89. The first-order valence-electron chi connectivity index (χ1n) is 8.54. The summed E-state index contributed by atoms with van der Waals surface area (Å²) in [7, 11) is 0. The Bertz CT molecular complexity index is 679. The smallest absolute Gasteiger partial charge is 0.336 e. The predicted molar refractivity (Wildman–Crippen MR) is 95.4 cm³/mol. The van der Waals surface area contributed by atoms with Crippen LogP contribution in [0.25, 0.3) is 0 Å². The Balaban J connectivity index is 2.00. The summed E-state index contributed by atoms with van der Waals surface area (Å²) in [4.78, 5) is 16.6. The van der Waals surface area contributed by atoms with Gasteiger partial charge in [-0.25, -0.2) is 4.79 Å². The van der Waals surface area contributed by atoms with Crippen LogP contribution in [0.1, 0.15) is 34.5 Å². The molecule has 0 aromatic heterocycles. The van der Waals surface area contributed by atoms with Gasteiger partial charge in [0, 0.05) is 26.2 Å². The molecule has 1 atom stereocenters. The van der Waals surface area contributed by atoms with Crippen LogP contribution in [0.4, 0.5) is 0 Å². The van der Waals surface area contributed by atoms with Gasteiger partial charge in [0.05, 0.1) is 11.6 Å². The zero-order chi connectivity index (χ0) is 16.9. The molecule has 1 saturated heterocycles. The second-order valence-electron chi connectivity index (χ2n) is 6.18. The number of hydrogen-bond acceptors (Lipinski definition) is 3. The number of carbonyl (C=O) groups is 1. The first-order chi connectivity index (χ1) is 11.7. The van der Waals surface area contributed by atoms with Crippen LogP contribution in [0, 0.1) is 0 Å². The molecule has 0 aliphatic carbocycles. The van der Waals surface area contributed by atoms with Crippen molar-refractivity contribution < 1.29 is 9.90 Å². The third-order valence-corrected chi connectivity index (χ3v) is 4.82. The Morgan fingerprint density at radius 2 is 1.62 bits per heavy atom. The van der Waals surface area contributed by atoms with E-state index < -0.39 is 5.97 Å². The number of hydrogen-bond donors (Lipinski definition) is 1. The van der Waals surface area contributed by atoms with Gasteiger partial charge in [-0.3, -0.25) is 4.90 Å². The zero-order valence-electron chi connectivity index (χ0n) is 14.1. The van der Waals surface area contributed by atoms with Gasteiger partial charge >= 0.3 is 5.97 Å². The lowest BCUT2D eigenvalue weighted by Gasteiger charge is -2.39. The number of likely N-dealkylation sites (N-methyl/N-ethyl adjacent to an activating group) is 1. The molecule has 4 heteroatoms. The van der Waals surface area contributed by atoms with Crippen LogP contribution in [0.5, 0.6) is 0 Å². The largest absolute Gasteiger partial charge is 0.478 e. The molecule has 0 amide bonds. The number of rotatable bonds is 5. The van der Waals surface area contributed by atoms with Crippen LogP contribution >= 0.6 is 0 Å². The van der Waals surface area contributed by atoms with E-state index in [0.717, 1.165) is 43.9 Å². The number of carboxylic acid groups (broad SMARTS) is 1. The zero-order valence-corrected chi connectivity index (χ0v) is 14.1. The number of piperazine rings is 1. The van der Waals surface area contributed by atoms with E-state index in [4.69, 9.17) is 0 Å². The molecule has 1 aliphatic rings. The van der Waals surface area contributed by atoms with E-state index >= 15 is 0 Å². The molecule has 1 fully saturated rings. The van der Waals surface area contributed by atoms with E-state index in [2.05, 4.69) is 28.9 Å². The van der Waals surface area contributed by atoms with E-state index in [1.807, 2.05) is 30.3 Å². The fourth-order valence-electron chi connectivity index (χ4n) is 3.49. The molecule has 0 saturated carbocycles. The van der Waals surface area contributed by atoms with Gasteiger partial charge in [0.2, 0.25) is 0 Å². The molecule has 0 bridgehead atoms. The first-order valence-corrected chi connectivity index (χ1v) is 8.54. The van der Waals surface area contributed by atoms with Gasteiger partial charge in [-0.15, -0.1) is 0 Å². The van der Waals surface area contributed by atoms with Crippen molar-refractivity contribution in [1.82, 2.24) is 9.80 Å². The van der Waals surface area contributed by atoms with Crippen molar-refractivity contribution >= 4 is 5.97 Å². The van der Waals surface area contributed by atoms with Crippen molar-refractivity contribution in [2.45, 2.75) is 13.0 Å². The molecule has 126 valence electrons. The Hall–Kier alpha value is -2.17. The van der Waals surface area contributed by atoms with E-state index in [1.54, 1.807) is 12.1 Å². The van der Waals surface area contributed by atoms with Crippen molar-refractivity contribution in [1.29, 1.82) is 0 Å².